The molecule has 2 aromatic carbocycles. The molecule has 0 amide bonds. The van der Waals surface area contributed by atoms with Gasteiger partial charge >= 0.3 is 11.9 Å². The lowest BCUT2D eigenvalue weighted by Gasteiger charge is -2.08. The largest absolute Gasteiger partial charge is 0.478 e. The van der Waals surface area contributed by atoms with Crippen molar-refractivity contribution < 1.29 is 29.4 Å². The molecule has 6 nitrogen and oxygen atoms in total. The van der Waals surface area contributed by atoms with Crippen LogP contribution in [0.3, 0.4) is 0 Å². The fraction of sp³-hybridized carbons (Fsp3) is 0.111. The topological polar surface area (TPSA) is 109 Å². The van der Waals surface area contributed by atoms with Gasteiger partial charge in [-0.3, -0.25) is 9.59 Å². The van der Waals surface area contributed by atoms with Crippen LogP contribution in [0.1, 0.15) is 47.0 Å². The van der Waals surface area contributed by atoms with Crippen LogP contribution in [0.25, 0.3) is 0 Å². The number of benzene rings is 2. The summed E-state index contributed by atoms with van der Waals surface area (Å²) in [5.41, 5.74) is 0.240. The average molecular weight is 405 g/mol. The number of ketones is 2. The number of hydrogen-bond acceptors (Lipinski definition) is 4. The van der Waals surface area contributed by atoms with Gasteiger partial charge in [0, 0.05) is 17.5 Å². The molecule has 0 unspecified atom stereocenters. The first-order chi connectivity index (χ1) is 11.8. The van der Waals surface area contributed by atoms with Gasteiger partial charge in [-0.1, -0.05) is 40.2 Å². The Morgan fingerprint density at radius 1 is 0.760 bits per heavy atom. The number of rotatable bonds is 7. The third-order valence-electron chi connectivity index (χ3n) is 3.56. The van der Waals surface area contributed by atoms with Gasteiger partial charge in [0.05, 0.1) is 16.5 Å². The lowest BCUT2D eigenvalue weighted by Crippen LogP contribution is -2.13. The van der Waals surface area contributed by atoms with Crippen molar-refractivity contribution >= 4 is 39.4 Å². The number of carbonyl (C=O) groups is 4. The first-order valence-electron chi connectivity index (χ1n) is 7.16. The molecule has 2 N–H and O–H groups in total. The molecule has 7 heteroatoms. The highest BCUT2D eigenvalue weighted by atomic mass is 79.9. The molecular weight excluding hydrogens is 392 g/mol. The van der Waals surface area contributed by atoms with Crippen LogP contribution >= 0.6 is 15.9 Å². The molecule has 0 saturated heterocycles. The van der Waals surface area contributed by atoms with Crippen molar-refractivity contribution in [3.05, 3.63) is 70.3 Å². The highest BCUT2D eigenvalue weighted by molar-refractivity contribution is 9.09. The molecule has 0 heterocycles. The highest BCUT2D eigenvalue weighted by Gasteiger charge is 2.19. The minimum absolute atomic E-state index is 0.00111. The van der Waals surface area contributed by atoms with Crippen LogP contribution in [-0.4, -0.2) is 39.0 Å². The van der Waals surface area contributed by atoms with Crippen LogP contribution in [0.15, 0.2) is 42.5 Å². The zero-order valence-electron chi connectivity index (χ0n) is 12.9. The summed E-state index contributed by atoms with van der Waals surface area (Å²) >= 11 is 3.00. The molecule has 0 radical (unpaired) electrons. The van der Waals surface area contributed by atoms with Gasteiger partial charge in [0.25, 0.3) is 0 Å². The Morgan fingerprint density at radius 2 is 1.32 bits per heavy atom. The smallest absolute Gasteiger partial charge is 0.336 e. The van der Waals surface area contributed by atoms with Gasteiger partial charge in [-0.05, 0) is 23.8 Å². The van der Waals surface area contributed by atoms with Crippen LogP contribution in [-0.2, 0) is 6.42 Å². The number of aromatic carboxylic acids is 2. The zero-order chi connectivity index (χ0) is 18.6. The number of halogens is 1. The predicted molar refractivity (Wildman–Crippen MR) is 93.0 cm³/mol. The van der Waals surface area contributed by atoms with E-state index in [4.69, 9.17) is 10.2 Å². The van der Waals surface area contributed by atoms with E-state index in [1.54, 1.807) is 6.07 Å². The van der Waals surface area contributed by atoms with Gasteiger partial charge in [0.1, 0.15) is 0 Å². The SMILES string of the molecule is O=C(O)c1ccc(CC(=O)c2ccccc2C(=O)O)cc1C(=O)CBr. The Balaban J connectivity index is 2.38. The van der Waals surface area contributed by atoms with Gasteiger partial charge in [-0.15, -0.1) is 0 Å². The summed E-state index contributed by atoms with van der Waals surface area (Å²) < 4.78 is 0. The molecule has 0 fully saturated rings. The molecule has 0 saturated carbocycles. The molecule has 0 aromatic heterocycles. The van der Waals surface area contributed by atoms with Gasteiger partial charge in [0.15, 0.2) is 11.6 Å². The number of hydrogen-bond donors (Lipinski definition) is 2. The van der Waals surface area contributed by atoms with E-state index in [9.17, 15) is 19.2 Å². The normalized spacial score (nSPS) is 10.3. The van der Waals surface area contributed by atoms with Crippen molar-refractivity contribution in [2.75, 3.05) is 5.33 Å². The predicted octanol–water partition coefficient (Wildman–Crippen LogP) is 3.09. The number of Topliss-reactive ketones (excluding diaryl/α,β-unsaturated/α-hetero) is 2. The second kappa shape index (κ2) is 7.85. The molecule has 25 heavy (non-hydrogen) atoms. The van der Waals surface area contributed by atoms with Gasteiger partial charge in [0.2, 0.25) is 0 Å². The summed E-state index contributed by atoms with van der Waals surface area (Å²) in [5, 5.41) is 18.3. The molecule has 0 atom stereocenters. The Hall–Kier alpha value is -2.80. The van der Waals surface area contributed by atoms with Crippen LogP contribution in [0.5, 0.6) is 0 Å². The molecule has 2 aromatic rings. The fourth-order valence-corrected chi connectivity index (χ4v) is 2.69. The summed E-state index contributed by atoms with van der Waals surface area (Å²) in [5.74, 6) is -3.30. The number of alkyl halides is 1. The van der Waals surface area contributed by atoms with E-state index in [0.29, 0.717) is 5.56 Å². The van der Waals surface area contributed by atoms with Crippen LogP contribution in [0.2, 0.25) is 0 Å². The van der Waals surface area contributed by atoms with Crippen molar-refractivity contribution in [1.29, 1.82) is 0 Å². The first-order valence-corrected chi connectivity index (χ1v) is 8.28. The van der Waals surface area contributed by atoms with Crippen molar-refractivity contribution in [2.24, 2.45) is 0 Å². The van der Waals surface area contributed by atoms with Crippen molar-refractivity contribution in [2.45, 2.75) is 6.42 Å². The van der Waals surface area contributed by atoms with E-state index < -0.39 is 23.5 Å². The maximum atomic E-state index is 12.4. The van der Waals surface area contributed by atoms with E-state index in [0.717, 1.165) is 0 Å². The number of carbonyl (C=O) groups excluding carboxylic acids is 2. The molecule has 2 rings (SSSR count). The maximum Gasteiger partial charge on any atom is 0.336 e. The summed E-state index contributed by atoms with van der Waals surface area (Å²) in [6, 6.07) is 9.90. The molecular formula is C18H13BrO6. The lowest BCUT2D eigenvalue weighted by atomic mass is 9.95. The second-order valence-corrected chi connectivity index (χ2v) is 5.75. The maximum absolute atomic E-state index is 12.4. The Kier molecular flexibility index (Phi) is 5.82. The Labute approximate surface area is 151 Å². The Morgan fingerprint density at radius 3 is 1.88 bits per heavy atom. The minimum atomic E-state index is -1.24. The highest BCUT2D eigenvalue weighted by Crippen LogP contribution is 2.18. The standard InChI is InChI=1S/C18H13BrO6/c19-9-16(21)14-7-10(5-6-13(14)18(24)25)8-15(20)11-3-1-2-4-12(11)17(22)23/h1-7H,8-9H2,(H,22,23)(H,24,25). The molecule has 0 aliphatic carbocycles. The third-order valence-corrected chi connectivity index (χ3v) is 4.07. The molecule has 0 bridgehead atoms. The van der Waals surface area contributed by atoms with E-state index >= 15 is 0 Å². The summed E-state index contributed by atoms with van der Waals surface area (Å²) in [6.07, 6.45) is -0.146. The van der Waals surface area contributed by atoms with Crippen LogP contribution in [0.4, 0.5) is 0 Å². The molecule has 0 spiro atoms. The first kappa shape index (κ1) is 18.5. The minimum Gasteiger partial charge on any atom is -0.478 e. The molecule has 128 valence electrons. The fourth-order valence-electron chi connectivity index (χ4n) is 2.38. The summed E-state index contributed by atoms with van der Waals surface area (Å²) in [4.78, 5) is 46.8. The zero-order valence-corrected chi connectivity index (χ0v) is 14.4. The van der Waals surface area contributed by atoms with Gasteiger partial charge in [-0.25, -0.2) is 9.59 Å². The summed E-state index contributed by atoms with van der Waals surface area (Å²) in [6.45, 7) is 0. The van der Waals surface area contributed by atoms with Gasteiger partial charge < -0.3 is 10.2 Å². The molecule has 0 aliphatic heterocycles. The van der Waals surface area contributed by atoms with Crippen molar-refractivity contribution in [1.82, 2.24) is 0 Å². The van der Waals surface area contributed by atoms with E-state index in [-0.39, 0.29) is 34.0 Å². The van der Waals surface area contributed by atoms with Crippen molar-refractivity contribution in [3.63, 3.8) is 0 Å². The average Bonchev–Trinajstić information content (AvgIpc) is 2.60. The number of carboxylic acids is 2. The Bertz CT molecular complexity index is 872. The van der Waals surface area contributed by atoms with E-state index in [2.05, 4.69) is 15.9 Å². The quantitative estimate of drug-likeness (QED) is 0.541. The third kappa shape index (κ3) is 4.19. The van der Waals surface area contributed by atoms with E-state index in [1.165, 1.54) is 36.4 Å². The lowest BCUT2D eigenvalue weighted by molar-refractivity contribution is 0.0683. The second-order valence-electron chi connectivity index (χ2n) is 5.19. The van der Waals surface area contributed by atoms with Crippen molar-refractivity contribution in [3.8, 4) is 0 Å². The van der Waals surface area contributed by atoms with Crippen LogP contribution in [0, 0.1) is 0 Å². The molecule has 0 aliphatic rings. The van der Waals surface area contributed by atoms with E-state index in [1.807, 2.05) is 0 Å². The monoisotopic (exact) mass is 404 g/mol. The summed E-state index contributed by atoms with van der Waals surface area (Å²) in [7, 11) is 0. The number of carboxylic acid groups (broad SMARTS) is 2. The van der Waals surface area contributed by atoms with Crippen LogP contribution < -0.4 is 0 Å². The van der Waals surface area contributed by atoms with Gasteiger partial charge in [-0.2, -0.15) is 0 Å².